The minimum Gasteiger partial charge on any atom is -0.478 e. The summed E-state index contributed by atoms with van der Waals surface area (Å²) in [6.45, 7) is 0. The van der Waals surface area contributed by atoms with E-state index in [9.17, 15) is 21.6 Å². The highest BCUT2D eigenvalue weighted by Gasteiger charge is 2.19. The molecule has 1 aromatic rings. The molecule has 10 heteroatoms. The van der Waals surface area contributed by atoms with Gasteiger partial charge in [-0.3, -0.25) is 4.72 Å². The number of carbonyl (C=O) groups is 1. The number of benzene rings is 1. The van der Waals surface area contributed by atoms with E-state index in [-0.39, 0.29) is 16.3 Å². The summed E-state index contributed by atoms with van der Waals surface area (Å²) in [4.78, 5) is 10.8. The van der Waals surface area contributed by atoms with Crippen molar-refractivity contribution in [3.63, 3.8) is 0 Å². The van der Waals surface area contributed by atoms with Gasteiger partial charge in [0.2, 0.25) is 10.0 Å². The van der Waals surface area contributed by atoms with Crippen molar-refractivity contribution in [1.82, 2.24) is 0 Å². The number of nitrogens with one attached hydrogen (secondary N) is 1. The van der Waals surface area contributed by atoms with E-state index in [4.69, 9.17) is 16.7 Å². The molecule has 1 aromatic carbocycles. The second-order valence-corrected chi connectivity index (χ2v) is 8.46. The molecule has 1 rings (SSSR count). The molecule has 0 atom stereocenters. The Hall–Kier alpha value is -1.32. The number of hydrogen-bond donors (Lipinski definition) is 2. The highest BCUT2D eigenvalue weighted by molar-refractivity contribution is 8.08. The van der Waals surface area contributed by atoms with Crippen LogP contribution in [0, 0.1) is 0 Å². The molecule has 0 saturated heterocycles. The minimum atomic E-state index is -4.14. The first-order valence-electron chi connectivity index (χ1n) is 4.71. The van der Waals surface area contributed by atoms with Gasteiger partial charge in [0.25, 0.3) is 0 Å². The van der Waals surface area contributed by atoms with Gasteiger partial charge in [-0.15, -0.1) is 0 Å². The van der Waals surface area contributed by atoms with Gasteiger partial charge in [-0.05, 0) is 18.2 Å². The highest BCUT2D eigenvalue weighted by Crippen LogP contribution is 2.20. The van der Waals surface area contributed by atoms with Gasteiger partial charge in [0.1, 0.15) is 0 Å². The van der Waals surface area contributed by atoms with Crippen LogP contribution < -0.4 is 4.72 Å². The Morgan fingerprint density at radius 1 is 1.26 bits per heavy atom. The molecule has 0 aliphatic rings. The zero-order chi connectivity index (χ0) is 14.8. The van der Waals surface area contributed by atoms with Crippen LogP contribution in [0.1, 0.15) is 10.4 Å². The number of sulfonamides is 1. The third kappa shape index (κ3) is 5.45. The van der Waals surface area contributed by atoms with Crippen molar-refractivity contribution in [1.29, 1.82) is 0 Å². The van der Waals surface area contributed by atoms with E-state index in [1.807, 2.05) is 4.72 Å². The number of carboxylic acid groups (broad SMARTS) is 1. The summed E-state index contributed by atoms with van der Waals surface area (Å²) in [5.74, 6) is -1.29. The monoisotopic (exact) mass is 327 g/mol. The van der Waals surface area contributed by atoms with Crippen LogP contribution in [0.4, 0.5) is 5.69 Å². The summed E-state index contributed by atoms with van der Waals surface area (Å²) < 4.78 is 46.9. The first kappa shape index (κ1) is 15.7. The Labute approximate surface area is 115 Å². The van der Waals surface area contributed by atoms with Crippen LogP contribution in [0.15, 0.2) is 18.2 Å². The van der Waals surface area contributed by atoms with Crippen LogP contribution >= 0.6 is 11.6 Å². The van der Waals surface area contributed by atoms with Crippen LogP contribution in [-0.4, -0.2) is 39.3 Å². The molecule has 0 bridgehead atoms. The Kier molecular flexibility index (Phi) is 4.43. The Morgan fingerprint density at radius 2 is 1.84 bits per heavy atom. The lowest BCUT2D eigenvalue weighted by molar-refractivity contribution is 0.0697. The normalized spacial score (nSPS) is 12.1. The van der Waals surface area contributed by atoms with E-state index in [0.29, 0.717) is 0 Å². The number of halogens is 1. The molecule has 7 nitrogen and oxygen atoms in total. The van der Waals surface area contributed by atoms with E-state index in [1.54, 1.807) is 0 Å². The molecule has 19 heavy (non-hydrogen) atoms. The second-order valence-electron chi connectivity index (χ2n) is 3.79. The number of sulfone groups is 1. The molecule has 0 unspecified atom stereocenters. The highest BCUT2D eigenvalue weighted by atomic mass is 35.5. The fourth-order valence-electron chi connectivity index (χ4n) is 1.26. The fourth-order valence-corrected chi connectivity index (χ4v) is 4.47. The molecule has 0 spiro atoms. The molecule has 2 N–H and O–H groups in total. The lowest BCUT2D eigenvalue weighted by Crippen LogP contribution is -2.22. The van der Waals surface area contributed by atoms with Gasteiger partial charge >= 0.3 is 5.97 Å². The molecule has 0 heterocycles. The SMILES string of the molecule is CS(=O)(=O)CS(=O)(=O)Nc1cc(Cl)cc(C(=O)O)c1. The Balaban J connectivity index is 3.10. The average molecular weight is 328 g/mol. The third-order valence-corrected chi connectivity index (χ3v) is 5.51. The predicted molar refractivity (Wildman–Crippen MR) is 70.7 cm³/mol. The summed E-state index contributed by atoms with van der Waals surface area (Å²) in [7, 11) is -7.88. The van der Waals surface area contributed by atoms with E-state index < -0.39 is 30.9 Å². The first-order chi connectivity index (χ1) is 8.48. The number of carboxylic acids is 1. The quantitative estimate of drug-likeness (QED) is 0.825. The molecular weight excluding hydrogens is 318 g/mol. The maximum Gasteiger partial charge on any atom is 0.335 e. The molecule has 0 aliphatic heterocycles. The first-order valence-corrected chi connectivity index (χ1v) is 8.80. The zero-order valence-corrected chi connectivity index (χ0v) is 12.0. The number of rotatable bonds is 5. The molecule has 0 radical (unpaired) electrons. The standard InChI is InChI=1S/C9H10ClNO6S2/c1-18(14,15)5-19(16,17)11-8-3-6(9(12)13)2-7(10)4-8/h2-4,11H,5H2,1H3,(H,12,13). The summed E-state index contributed by atoms with van der Waals surface area (Å²) in [6, 6.07) is 3.35. The van der Waals surface area contributed by atoms with Crippen LogP contribution in [0.3, 0.4) is 0 Å². The third-order valence-electron chi connectivity index (χ3n) is 1.79. The maximum atomic E-state index is 11.5. The van der Waals surface area contributed by atoms with Crippen molar-refractivity contribution in [3.05, 3.63) is 28.8 Å². The van der Waals surface area contributed by atoms with Crippen LogP contribution in [0.5, 0.6) is 0 Å². The topological polar surface area (TPSA) is 118 Å². The second kappa shape index (κ2) is 5.35. The van der Waals surface area contributed by atoms with Gasteiger partial charge in [0.15, 0.2) is 14.9 Å². The summed E-state index contributed by atoms with van der Waals surface area (Å²) in [5, 5.41) is 7.70. The average Bonchev–Trinajstić information content (AvgIpc) is 2.10. The molecule has 0 aliphatic carbocycles. The number of hydrogen-bond acceptors (Lipinski definition) is 5. The lowest BCUT2D eigenvalue weighted by Gasteiger charge is -2.08. The van der Waals surface area contributed by atoms with Gasteiger partial charge in [-0.1, -0.05) is 11.6 Å². The zero-order valence-electron chi connectivity index (χ0n) is 9.62. The lowest BCUT2D eigenvalue weighted by atomic mass is 10.2. The summed E-state index contributed by atoms with van der Waals surface area (Å²) in [6.07, 6.45) is 0.771. The van der Waals surface area contributed by atoms with E-state index in [0.717, 1.165) is 18.4 Å². The van der Waals surface area contributed by atoms with Crippen molar-refractivity contribution < 1.29 is 26.7 Å². The van der Waals surface area contributed by atoms with E-state index >= 15 is 0 Å². The van der Waals surface area contributed by atoms with Gasteiger partial charge < -0.3 is 5.11 Å². The van der Waals surface area contributed by atoms with Gasteiger partial charge in [-0.25, -0.2) is 21.6 Å². The summed E-state index contributed by atoms with van der Waals surface area (Å²) in [5.41, 5.74) is -0.335. The van der Waals surface area contributed by atoms with E-state index in [1.165, 1.54) is 6.07 Å². The fraction of sp³-hybridized carbons (Fsp3) is 0.222. The Morgan fingerprint density at radius 3 is 2.32 bits per heavy atom. The van der Waals surface area contributed by atoms with Crippen molar-refractivity contribution in [3.8, 4) is 0 Å². The summed E-state index contributed by atoms with van der Waals surface area (Å²) >= 11 is 5.64. The largest absolute Gasteiger partial charge is 0.478 e. The van der Waals surface area contributed by atoms with Gasteiger partial charge in [0, 0.05) is 11.3 Å². The predicted octanol–water partition coefficient (Wildman–Crippen LogP) is 0.782. The van der Waals surface area contributed by atoms with Crippen LogP contribution in [0.25, 0.3) is 0 Å². The molecule has 0 saturated carbocycles. The van der Waals surface area contributed by atoms with Crippen LogP contribution in [-0.2, 0) is 19.9 Å². The maximum absolute atomic E-state index is 11.5. The molecule has 0 aromatic heterocycles. The molecule has 0 fully saturated rings. The van der Waals surface area contributed by atoms with E-state index in [2.05, 4.69) is 0 Å². The molecule has 0 amide bonds. The van der Waals surface area contributed by atoms with Crippen LogP contribution in [0.2, 0.25) is 5.02 Å². The molecule has 106 valence electrons. The smallest absolute Gasteiger partial charge is 0.335 e. The minimum absolute atomic E-state index is 0.0111. The van der Waals surface area contributed by atoms with Crippen molar-refractivity contribution in [2.45, 2.75) is 0 Å². The van der Waals surface area contributed by atoms with Crippen molar-refractivity contribution in [2.24, 2.45) is 0 Å². The number of aromatic carboxylic acids is 1. The van der Waals surface area contributed by atoms with Crippen molar-refractivity contribution >= 4 is 43.1 Å². The number of anilines is 1. The van der Waals surface area contributed by atoms with Gasteiger partial charge in [-0.2, -0.15) is 0 Å². The Bertz CT molecular complexity index is 710. The van der Waals surface area contributed by atoms with Gasteiger partial charge in [0.05, 0.1) is 11.3 Å². The molecular formula is C9H10ClNO6S2. The van der Waals surface area contributed by atoms with Crippen molar-refractivity contribution in [2.75, 3.05) is 16.1 Å².